The van der Waals surface area contributed by atoms with E-state index in [1.807, 2.05) is 12.2 Å². The third kappa shape index (κ3) is 6.97. The van der Waals surface area contributed by atoms with Crippen molar-refractivity contribution in [3.05, 3.63) is 65.2 Å². The molecule has 0 saturated heterocycles. The number of ether oxygens (including phenoxy) is 1. The van der Waals surface area contributed by atoms with Crippen LogP contribution in [0.25, 0.3) is 12.2 Å². The minimum Gasteiger partial charge on any atom is -0.496 e. The Balaban J connectivity index is 1.39. The maximum Gasteiger partial charge on any atom is 0.264 e. The van der Waals surface area contributed by atoms with Crippen molar-refractivity contribution in [2.75, 3.05) is 31.2 Å². The zero-order chi connectivity index (χ0) is 26.4. The van der Waals surface area contributed by atoms with E-state index in [1.165, 1.54) is 38.4 Å². The van der Waals surface area contributed by atoms with Gasteiger partial charge in [0.2, 0.25) is 5.95 Å². The molecule has 0 atom stereocenters. The van der Waals surface area contributed by atoms with Crippen LogP contribution in [0.5, 0.6) is 5.75 Å². The van der Waals surface area contributed by atoms with Gasteiger partial charge in [-0.15, -0.1) is 0 Å². The van der Waals surface area contributed by atoms with Crippen LogP contribution < -0.4 is 14.8 Å². The molecule has 1 saturated carbocycles. The molecular weight excluding hydrogens is 512 g/mol. The van der Waals surface area contributed by atoms with Gasteiger partial charge in [0, 0.05) is 54.1 Å². The van der Waals surface area contributed by atoms with Gasteiger partial charge in [-0.3, -0.25) is 9.71 Å². The number of pyridine rings is 1. The van der Waals surface area contributed by atoms with Gasteiger partial charge < -0.3 is 15.0 Å². The highest BCUT2D eigenvalue weighted by Crippen LogP contribution is 2.28. The molecule has 2 aromatic heterocycles. The van der Waals surface area contributed by atoms with Gasteiger partial charge in [-0.1, -0.05) is 23.8 Å². The Morgan fingerprint density at radius 2 is 1.78 bits per heavy atom. The van der Waals surface area contributed by atoms with Crippen LogP contribution >= 0.6 is 11.6 Å². The number of sulfonamides is 1. The first-order valence-corrected chi connectivity index (χ1v) is 13.8. The molecule has 0 bridgehead atoms. The minimum absolute atomic E-state index is 0.0918. The predicted molar refractivity (Wildman–Crippen MR) is 147 cm³/mol. The fourth-order valence-electron chi connectivity index (χ4n) is 4.29. The van der Waals surface area contributed by atoms with Crippen molar-refractivity contribution in [1.82, 2.24) is 19.9 Å². The average molecular weight is 543 g/mol. The lowest BCUT2D eigenvalue weighted by molar-refractivity contribution is 0.221. The highest BCUT2D eigenvalue weighted by Gasteiger charge is 2.23. The second-order valence-corrected chi connectivity index (χ2v) is 11.2. The van der Waals surface area contributed by atoms with Crippen molar-refractivity contribution >= 4 is 45.4 Å². The van der Waals surface area contributed by atoms with Crippen molar-refractivity contribution in [2.45, 2.75) is 42.7 Å². The second-order valence-electron chi connectivity index (χ2n) is 9.16. The van der Waals surface area contributed by atoms with E-state index in [0.717, 1.165) is 24.0 Å². The molecule has 1 aliphatic carbocycles. The maximum absolute atomic E-state index is 12.7. The van der Waals surface area contributed by atoms with Gasteiger partial charge in [0.25, 0.3) is 10.0 Å². The van der Waals surface area contributed by atoms with Gasteiger partial charge in [0.1, 0.15) is 10.6 Å². The summed E-state index contributed by atoms with van der Waals surface area (Å²) in [6, 6.07) is 7.49. The lowest BCUT2D eigenvalue weighted by Crippen LogP contribution is -2.36. The van der Waals surface area contributed by atoms with Crippen molar-refractivity contribution in [2.24, 2.45) is 0 Å². The second kappa shape index (κ2) is 11.9. The number of benzene rings is 1. The van der Waals surface area contributed by atoms with Crippen molar-refractivity contribution in [1.29, 1.82) is 0 Å². The zero-order valence-electron chi connectivity index (χ0n) is 21.1. The molecule has 3 aromatic rings. The molecule has 11 heteroatoms. The summed E-state index contributed by atoms with van der Waals surface area (Å²) < 4.78 is 33.4. The smallest absolute Gasteiger partial charge is 0.264 e. The highest BCUT2D eigenvalue weighted by atomic mass is 35.5. The number of nitrogens with one attached hydrogen (secondary N) is 2. The molecule has 0 spiro atoms. The van der Waals surface area contributed by atoms with E-state index in [2.05, 4.69) is 44.0 Å². The van der Waals surface area contributed by atoms with E-state index in [9.17, 15) is 8.42 Å². The molecule has 196 valence electrons. The molecule has 0 unspecified atom stereocenters. The SMILES string of the molecule is COc1cc(NS(=O)(=O)c2cnccc2Cl)ccc1/C=C/c1cnc(N[C@H]2CC[C@H](N(C)C)CC2)nc1. The molecule has 4 rings (SSSR count). The quantitative estimate of drug-likeness (QED) is 0.397. The Kier molecular flexibility index (Phi) is 8.63. The van der Waals surface area contributed by atoms with E-state index >= 15 is 0 Å². The van der Waals surface area contributed by atoms with Gasteiger partial charge >= 0.3 is 0 Å². The molecule has 1 fully saturated rings. The van der Waals surface area contributed by atoms with Crippen LogP contribution in [-0.2, 0) is 10.0 Å². The summed E-state index contributed by atoms with van der Waals surface area (Å²) in [4.78, 5) is 15.0. The van der Waals surface area contributed by atoms with Crippen LogP contribution in [-0.4, -0.2) is 61.6 Å². The Bertz CT molecular complexity index is 1340. The van der Waals surface area contributed by atoms with Gasteiger partial charge in [-0.25, -0.2) is 18.4 Å². The highest BCUT2D eigenvalue weighted by molar-refractivity contribution is 7.92. The number of halogens is 1. The monoisotopic (exact) mass is 542 g/mol. The van der Waals surface area contributed by atoms with E-state index in [-0.39, 0.29) is 9.92 Å². The standard InChI is InChI=1S/C26H31ClN6O3S/c1-33(2)22-10-8-20(9-11-22)31-26-29-15-18(16-30-26)4-5-19-6-7-21(14-24(19)36-3)32-37(34,35)25-17-28-13-12-23(25)27/h4-7,12-17,20,22,32H,8-11H2,1-3H3,(H,29,30,31)/b5-4+/t20-,22-. The molecule has 0 amide bonds. The van der Waals surface area contributed by atoms with Gasteiger partial charge in [-0.2, -0.15) is 0 Å². The summed E-state index contributed by atoms with van der Waals surface area (Å²) in [7, 11) is 1.90. The summed E-state index contributed by atoms with van der Waals surface area (Å²) >= 11 is 6.02. The van der Waals surface area contributed by atoms with E-state index in [1.54, 1.807) is 30.6 Å². The summed E-state index contributed by atoms with van der Waals surface area (Å²) in [5.41, 5.74) is 1.94. The fraction of sp³-hybridized carbons (Fsp3) is 0.346. The first-order chi connectivity index (χ1) is 17.7. The largest absolute Gasteiger partial charge is 0.496 e. The Labute approximate surface area is 223 Å². The molecule has 0 aliphatic heterocycles. The number of hydrogen-bond acceptors (Lipinski definition) is 8. The molecule has 1 aromatic carbocycles. The van der Waals surface area contributed by atoms with Gasteiger partial charge in [0.15, 0.2) is 0 Å². The zero-order valence-corrected chi connectivity index (χ0v) is 22.6. The number of anilines is 2. The lowest BCUT2D eigenvalue weighted by Gasteiger charge is -2.32. The normalized spacial score (nSPS) is 18.2. The minimum atomic E-state index is -3.90. The summed E-state index contributed by atoms with van der Waals surface area (Å²) in [5.74, 6) is 1.13. The lowest BCUT2D eigenvalue weighted by atomic mass is 9.91. The number of hydrogen-bond donors (Lipinski definition) is 2. The van der Waals surface area contributed by atoms with Gasteiger partial charge in [0.05, 0.1) is 17.8 Å². The van der Waals surface area contributed by atoms with Crippen LogP contribution in [0.1, 0.15) is 36.8 Å². The van der Waals surface area contributed by atoms with Crippen LogP contribution in [0.4, 0.5) is 11.6 Å². The molecule has 9 nitrogen and oxygen atoms in total. The van der Waals surface area contributed by atoms with E-state index < -0.39 is 10.0 Å². The summed E-state index contributed by atoms with van der Waals surface area (Å²) in [6.07, 6.45) is 14.5. The van der Waals surface area contributed by atoms with Crippen molar-refractivity contribution in [3.8, 4) is 5.75 Å². The third-order valence-corrected chi connectivity index (χ3v) is 8.25. The van der Waals surface area contributed by atoms with Crippen molar-refractivity contribution < 1.29 is 13.2 Å². The van der Waals surface area contributed by atoms with E-state index in [0.29, 0.717) is 29.5 Å². The van der Waals surface area contributed by atoms with E-state index in [4.69, 9.17) is 16.3 Å². The number of rotatable bonds is 9. The molecule has 2 heterocycles. The van der Waals surface area contributed by atoms with Crippen LogP contribution in [0.15, 0.2) is 53.9 Å². The first-order valence-electron chi connectivity index (χ1n) is 12.0. The Hall–Kier alpha value is -3.21. The number of methoxy groups -OCH3 is 1. The average Bonchev–Trinajstić information content (AvgIpc) is 2.89. The summed E-state index contributed by atoms with van der Waals surface area (Å²) in [6.45, 7) is 0. The molecule has 1 aliphatic rings. The van der Waals surface area contributed by atoms with Crippen molar-refractivity contribution in [3.63, 3.8) is 0 Å². The summed E-state index contributed by atoms with van der Waals surface area (Å²) in [5, 5.41) is 3.54. The molecular formula is C26H31ClN6O3S. The van der Waals surface area contributed by atoms with Gasteiger partial charge in [-0.05, 0) is 58.0 Å². The number of aromatic nitrogens is 3. The molecule has 37 heavy (non-hydrogen) atoms. The van der Waals surface area contributed by atoms with Crippen LogP contribution in [0, 0.1) is 0 Å². The maximum atomic E-state index is 12.7. The number of nitrogens with zero attached hydrogens (tertiary/aromatic N) is 4. The third-order valence-electron chi connectivity index (χ3n) is 6.40. The topological polar surface area (TPSA) is 109 Å². The molecule has 2 N–H and O–H groups in total. The van der Waals surface area contributed by atoms with Crippen LogP contribution in [0.3, 0.4) is 0 Å². The first kappa shape index (κ1) is 26.8. The van der Waals surface area contributed by atoms with Crippen LogP contribution in [0.2, 0.25) is 5.02 Å². The fourth-order valence-corrected chi connectivity index (χ4v) is 5.77. The Morgan fingerprint density at radius 1 is 1.05 bits per heavy atom. The molecule has 0 radical (unpaired) electrons. The predicted octanol–water partition coefficient (Wildman–Crippen LogP) is 4.79. The Morgan fingerprint density at radius 3 is 2.43 bits per heavy atom.